The summed E-state index contributed by atoms with van der Waals surface area (Å²) in [4.78, 5) is 13.8. The second-order valence-corrected chi connectivity index (χ2v) is 4.00. The van der Waals surface area contributed by atoms with E-state index in [2.05, 4.69) is 18.3 Å². The second-order valence-electron chi connectivity index (χ2n) is 4.00. The standard InChI is InChI=1S/C13H16N2O/c1-3-8-14-13(16)15-10(2)9-11-6-4-5-7-12(11)15/h3-8,10H,9H2,1-2H3,(H,14,16)/b8-3+. The maximum atomic E-state index is 11.9. The van der Waals surface area contributed by atoms with Gasteiger partial charge in [0.05, 0.1) is 0 Å². The number of fused-ring (bicyclic) bond motifs is 1. The average Bonchev–Trinajstić information content (AvgIpc) is 2.62. The maximum absolute atomic E-state index is 11.9. The fourth-order valence-electron chi connectivity index (χ4n) is 2.10. The van der Waals surface area contributed by atoms with Crippen LogP contribution in [0.5, 0.6) is 0 Å². The third-order valence-electron chi connectivity index (χ3n) is 2.80. The topological polar surface area (TPSA) is 32.3 Å². The molecular weight excluding hydrogens is 200 g/mol. The van der Waals surface area contributed by atoms with Gasteiger partial charge in [0.1, 0.15) is 0 Å². The molecule has 0 aliphatic carbocycles. The first-order valence-corrected chi connectivity index (χ1v) is 5.53. The molecule has 1 aromatic carbocycles. The van der Waals surface area contributed by atoms with E-state index in [4.69, 9.17) is 0 Å². The van der Waals surface area contributed by atoms with E-state index >= 15 is 0 Å². The van der Waals surface area contributed by atoms with Crippen molar-refractivity contribution in [3.63, 3.8) is 0 Å². The van der Waals surface area contributed by atoms with Crippen LogP contribution in [0.2, 0.25) is 0 Å². The number of rotatable bonds is 1. The lowest BCUT2D eigenvalue weighted by Crippen LogP contribution is -2.41. The molecule has 3 nitrogen and oxygen atoms in total. The smallest absolute Gasteiger partial charge is 0.315 e. The number of urea groups is 1. The minimum Gasteiger partial charge on any atom is -0.315 e. The summed E-state index contributed by atoms with van der Waals surface area (Å²) in [6, 6.07) is 8.22. The molecule has 1 heterocycles. The lowest BCUT2D eigenvalue weighted by Gasteiger charge is -2.21. The summed E-state index contributed by atoms with van der Waals surface area (Å²) in [6.45, 7) is 3.94. The minimum absolute atomic E-state index is 0.0597. The van der Waals surface area contributed by atoms with E-state index in [1.807, 2.05) is 36.1 Å². The molecule has 1 N–H and O–H groups in total. The Kier molecular flexibility index (Phi) is 2.95. The Labute approximate surface area is 95.8 Å². The summed E-state index contributed by atoms with van der Waals surface area (Å²) >= 11 is 0. The molecule has 1 aliphatic rings. The van der Waals surface area contributed by atoms with Gasteiger partial charge in [0.2, 0.25) is 0 Å². The molecule has 0 spiro atoms. The molecule has 2 rings (SSSR count). The van der Waals surface area contributed by atoms with Crippen LogP contribution in [0.15, 0.2) is 36.5 Å². The van der Waals surface area contributed by atoms with Gasteiger partial charge in [-0.15, -0.1) is 0 Å². The fourth-order valence-corrected chi connectivity index (χ4v) is 2.10. The lowest BCUT2D eigenvalue weighted by molar-refractivity contribution is 0.248. The highest BCUT2D eigenvalue weighted by atomic mass is 16.2. The van der Waals surface area contributed by atoms with Gasteiger partial charge in [0, 0.05) is 17.9 Å². The molecule has 0 fully saturated rings. The van der Waals surface area contributed by atoms with Crippen molar-refractivity contribution in [3.8, 4) is 0 Å². The van der Waals surface area contributed by atoms with Crippen LogP contribution in [0, 0.1) is 0 Å². The summed E-state index contributed by atoms with van der Waals surface area (Å²) in [7, 11) is 0. The van der Waals surface area contributed by atoms with Crippen LogP contribution in [-0.2, 0) is 6.42 Å². The number of carbonyl (C=O) groups is 1. The summed E-state index contributed by atoms with van der Waals surface area (Å²) in [5.41, 5.74) is 2.27. The first kappa shape index (κ1) is 10.7. The fraction of sp³-hybridized carbons (Fsp3) is 0.308. The van der Waals surface area contributed by atoms with Gasteiger partial charge in [0.25, 0.3) is 0 Å². The predicted molar refractivity (Wildman–Crippen MR) is 65.4 cm³/mol. The number of nitrogens with zero attached hydrogens (tertiary/aromatic N) is 1. The molecule has 0 saturated heterocycles. The van der Waals surface area contributed by atoms with Gasteiger partial charge in [-0.1, -0.05) is 24.3 Å². The van der Waals surface area contributed by atoms with E-state index in [0.29, 0.717) is 0 Å². The third kappa shape index (κ3) is 1.81. The number of nitrogens with one attached hydrogen (secondary N) is 1. The monoisotopic (exact) mass is 216 g/mol. The first-order chi connectivity index (χ1) is 7.74. The summed E-state index contributed by atoms with van der Waals surface area (Å²) < 4.78 is 0. The maximum Gasteiger partial charge on any atom is 0.326 e. The van der Waals surface area contributed by atoms with Crippen molar-refractivity contribution >= 4 is 11.7 Å². The molecular formula is C13H16N2O. The second kappa shape index (κ2) is 4.39. The van der Waals surface area contributed by atoms with E-state index in [9.17, 15) is 4.79 Å². The Morgan fingerprint density at radius 1 is 1.50 bits per heavy atom. The molecule has 1 unspecified atom stereocenters. The molecule has 0 radical (unpaired) electrons. The van der Waals surface area contributed by atoms with Crippen LogP contribution in [-0.4, -0.2) is 12.1 Å². The van der Waals surface area contributed by atoms with Gasteiger partial charge in [-0.3, -0.25) is 4.90 Å². The third-order valence-corrected chi connectivity index (χ3v) is 2.80. The normalized spacial score (nSPS) is 18.9. The van der Waals surface area contributed by atoms with Crippen molar-refractivity contribution in [2.24, 2.45) is 0 Å². The van der Waals surface area contributed by atoms with Gasteiger partial charge < -0.3 is 5.32 Å². The average molecular weight is 216 g/mol. The number of anilines is 1. The quantitative estimate of drug-likeness (QED) is 0.769. The van der Waals surface area contributed by atoms with Crippen LogP contribution in [0.25, 0.3) is 0 Å². The van der Waals surface area contributed by atoms with E-state index in [1.165, 1.54) is 5.56 Å². The largest absolute Gasteiger partial charge is 0.326 e. The van der Waals surface area contributed by atoms with Crippen LogP contribution in [0.4, 0.5) is 10.5 Å². The highest BCUT2D eigenvalue weighted by Gasteiger charge is 2.29. The Hall–Kier alpha value is -1.77. The first-order valence-electron chi connectivity index (χ1n) is 5.53. The molecule has 1 aromatic rings. The minimum atomic E-state index is -0.0597. The molecule has 0 aromatic heterocycles. The van der Waals surface area contributed by atoms with Crippen LogP contribution >= 0.6 is 0 Å². The number of amides is 2. The number of para-hydroxylation sites is 1. The number of hydrogen-bond donors (Lipinski definition) is 1. The van der Waals surface area contributed by atoms with Crippen LogP contribution in [0.3, 0.4) is 0 Å². The summed E-state index contributed by atoms with van der Waals surface area (Å²) in [5, 5.41) is 2.75. The lowest BCUT2D eigenvalue weighted by atomic mass is 10.1. The van der Waals surface area contributed by atoms with Crippen molar-refractivity contribution < 1.29 is 4.79 Å². The van der Waals surface area contributed by atoms with Crippen LogP contribution in [0.1, 0.15) is 19.4 Å². The van der Waals surface area contributed by atoms with Gasteiger partial charge >= 0.3 is 6.03 Å². The van der Waals surface area contributed by atoms with Crippen molar-refractivity contribution in [3.05, 3.63) is 42.1 Å². The molecule has 0 bridgehead atoms. The van der Waals surface area contributed by atoms with E-state index in [0.717, 1.165) is 12.1 Å². The molecule has 1 atom stereocenters. The Morgan fingerprint density at radius 2 is 2.25 bits per heavy atom. The van der Waals surface area contributed by atoms with E-state index < -0.39 is 0 Å². The zero-order valence-electron chi connectivity index (χ0n) is 9.60. The molecule has 1 aliphatic heterocycles. The van der Waals surface area contributed by atoms with Gasteiger partial charge in [-0.05, 0) is 31.9 Å². The van der Waals surface area contributed by atoms with Gasteiger partial charge in [-0.25, -0.2) is 4.79 Å². The van der Waals surface area contributed by atoms with Crippen molar-refractivity contribution in [2.75, 3.05) is 4.90 Å². The number of allylic oxidation sites excluding steroid dienone is 1. The molecule has 2 amide bonds. The van der Waals surface area contributed by atoms with Crippen molar-refractivity contribution in [1.29, 1.82) is 0 Å². The summed E-state index contributed by atoms with van der Waals surface area (Å²) in [6.07, 6.45) is 4.40. The Balaban J connectivity index is 2.25. The van der Waals surface area contributed by atoms with Crippen LogP contribution < -0.4 is 10.2 Å². The van der Waals surface area contributed by atoms with E-state index in [-0.39, 0.29) is 12.1 Å². The highest BCUT2D eigenvalue weighted by molar-refractivity contribution is 5.95. The van der Waals surface area contributed by atoms with Gasteiger partial charge in [-0.2, -0.15) is 0 Å². The molecule has 84 valence electrons. The van der Waals surface area contributed by atoms with Crippen molar-refractivity contribution in [2.45, 2.75) is 26.3 Å². The summed E-state index contributed by atoms with van der Waals surface area (Å²) in [5.74, 6) is 0. The predicted octanol–water partition coefficient (Wildman–Crippen LogP) is 2.68. The van der Waals surface area contributed by atoms with Crippen molar-refractivity contribution in [1.82, 2.24) is 5.32 Å². The Morgan fingerprint density at radius 3 is 3.00 bits per heavy atom. The number of benzene rings is 1. The molecule has 0 saturated carbocycles. The number of carbonyl (C=O) groups excluding carboxylic acids is 1. The van der Waals surface area contributed by atoms with Gasteiger partial charge in [0.15, 0.2) is 0 Å². The molecule has 3 heteroatoms. The highest BCUT2D eigenvalue weighted by Crippen LogP contribution is 2.31. The zero-order chi connectivity index (χ0) is 11.5. The SMILES string of the molecule is C/C=C/NC(=O)N1c2ccccc2CC1C. The van der Waals surface area contributed by atoms with E-state index in [1.54, 1.807) is 6.20 Å². The Bertz CT molecular complexity index is 426. The zero-order valence-corrected chi connectivity index (χ0v) is 9.60. The number of hydrogen-bond acceptors (Lipinski definition) is 1. The molecule has 16 heavy (non-hydrogen) atoms.